The Labute approximate surface area is 122 Å². The van der Waals surface area contributed by atoms with Gasteiger partial charge in [0, 0.05) is 18.5 Å². The lowest BCUT2D eigenvalue weighted by molar-refractivity contribution is 0.315. The number of ether oxygens (including phenoxy) is 1. The Balaban J connectivity index is 2.13. The summed E-state index contributed by atoms with van der Waals surface area (Å²) in [6, 6.07) is 5.22. The number of thiazole rings is 1. The van der Waals surface area contributed by atoms with Crippen molar-refractivity contribution in [1.29, 1.82) is 0 Å². The van der Waals surface area contributed by atoms with Crippen molar-refractivity contribution in [2.75, 3.05) is 14.2 Å². The van der Waals surface area contributed by atoms with Crippen LogP contribution < -0.4 is 10.2 Å². The molecular weight excluding hydrogens is 275 g/mol. The normalized spacial score (nSPS) is 10.8. The van der Waals surface area contributed by atoms with E-state index in [2.05, 4.69) is 9.88 Å². The first kappa shape index (κ1) is 15.0. The zero-order chi connectivity index (χ0) is 14.5. The third-order valence-corrected chi connectivity index (χ3v) is 3.62. The van der Waals surface area contributed by atoms with Crippen molar-refractivity contribution in [3.8, 4) is 5.75 Å². The molecule has 0 fully saturated rings. The fourth-order valence-corrected chi connectivity index (χ4v) is 2.59. The number of nitrogens with zero attached hydrogens (tertiary/aromatic N) is 2. The van der Waals surface area contributed by atoms with E-state index in [-0.39, 0.29) is 0 Å². The van der Waals surface area contributed by atoms with Crippen molar-refractivity contribution < 1.29 is 14.8 Å². The second-order valence-corrected chi connectivity index (χ2v) is 5.31. The van der Waals surface area contributed by atoms with E-state index >= 15 is 0 Å². The lowest BCUT2D eigenvalue weighted by Gasteiger charge is -2.18. The van der Waals surface area contributed by atoms with Gasteiger partial charge in [-0.1, -0.05) is 6.07 Å². The first-order valence-electron chi connectivity index (χ1n) is 6.18. The van der Waals surface area contributed by atoms with Crippen LogP contribution in [0.4, 0.5) is 0 Å². The number of benzene rings is 1. The fourth-order valence-electron chi connectivity index (χ4n) is 2.04. The molecule has 0 spiro atoms. The van der Waals surface area contributed by atoms with E-state index in [4.69, 9.17) is 4.74 Å². The molecule has 20 heavy (non-hydrogen) atoms. The van der Waals surface area contributed by atoms with Crippen molar-refractivity contribution in [3.63, 3.8) is 0 Å². The zero-order valence-corrected chi connectivity index (χ0v) is 12.3. The molecule has 0 saturated carbocycles. The Bertz CT molecular complexity index is 549. The van der Waals surface area contributed by atoms with Gasteiger partial charge in [0.1, 0.15) is 5.75 Å². The van der Waals surface area contributed by atoms with Gasteiger partial charge in [-0.2, -0.15) is 0 Å². The highest BCUT2D eigenvalue weighted by molar-refractivity contribution is 7.07. The first-order valence-corrected chi connectivity index (χ1v) is 7.13. The van der Waals surface area contributed by atoms with Crippen LogP contribution in [0.1, 0.15) is 11.3 Å². The summed E-state index contributed by atoms with van der Waals surface area (Å²) in [5.74, 6) is 0.700. The number of methoxy groups -OCH3 is 1. The summed E-state index contributed by atoms with van der Waals surface area (Å²) >= 11 is 1.56. The lowest BCUT2D eigenvalue weighted by Crippen LogP contribution is -2.35. The van der Waals surface area contributed by atoms with E-state index in [0.717, 1.165) is 11.3 Å². The molecule has 1 aromatic heterocycles. The summed E-state index contributed by atoms with van der Waals surface area (Å²) in [7, 11) is 2.07. The molecule has 0 unspecified atom stereocenters. The predicted octanol–water partition coefficient (Wildman–Crippen LogP) is 0.463. The Hall–Kier alpha value is -1.41. The second kappa shape index (κ2) is 6.85. The number of hydrogen-bond donors (Lipinski definition) is 2. The lowest BCUT2D eigenvalue weighted by atomic mass is 9.77. The molecular formula is C13H17BN2O3S. The van der Waals surface area contributed by atoms with Crippen LogP contribution in [0.2, 0.25) is 0 Å². The van der Waals surface area contributed by atoms with Crippen molar-refractivity contribution in [2.24, 2.45) is 0 Å². The van der Waals surface area contributed by atoms with Gasteiger partial charge >= 0.3 is 7.12 Å². The minimum Gasteiger partial charge on any atom is -0.497 e. The van der Waals surface area contributed by atoms with Crippen molar-refractivity contribution in [3.05, 3.63) is 40.3 Å². The smallest absolute Gasteiger partial charge is 0.488 e. The molecule has 106 valence electrons. The van der Waals surface area contributed by atoms with Gasteiger partial charge in [0.25, 0.3) is 0 Å². The van der Waals surface area contributed by atoms with Crippen LogP contribution >= 0.6 is 11.3 Å². The molecule has 0 bridgehead atoms. The molecule has 0 radical (unpaired) electrons. The van der Waals surface area contributed by atoms with Crippen LogP contribution in [0, 0.1) is 0 Å². The largest absolute Gasteiger partial charge is 0.497 e. The summed E-state index contributed by atoms with van der Waals surface area (Å²) in [6.07, 6.45) is 0. The highest BCUT2D eigenvalue weighted by Crippen LogP contribution is 2.14. The van der Waals surface area contributed by atoms with Gasteiger partial charge in [-0.3, -0.25) is 4.90 Å². The van der Waals surface area contributed by atoms with Crippen LogP contribution in [-0.2, 0) is 13.1 Å². The molecule has 1 heterocycles. The molecule has 2 rings (SSSR count). The Morgan fingerprint density at radius 1 is 1.35 bits per heavy atom. The summed E-state index contributed by atoms with van der Waals surface area (Å²) in [4.78, 5) is 6.31. The standard InChI is InChI=1S/C13H17BN2O3S/c1-16(7-11-8-20-9-15-11)6-10-5-12(19-2)3-4-13(10)14(17)18/h3-5,8-9,17-18H,6-7H2,1-2H3. The van der Waals surface area contributed by atoms with Crippen molar-refractivity contribution in [1.82, 2.24) is 9.88 Å². The summed E-state index contributed by atoms with van der Waals surface area (Å²) in [6.45, 7) is 1.29. The van der Waals surface area contributed by atoms with Gasteiger partial charge in [0.05, 0.1) is 18.3 Å². The van der Waals surface area contributed by atoms with E-state index < -0.39 is 7.12 Å². The second-order valence-electron chi connectivity index (χ2n) is 4.59. The third-order valence-electron chi connectivity index (χ3n) is 2.98. The molecule has 0 aliphatic rings. The monoisotopic (exact) mass is 292 g/mol. The van der Waals surface area contributed by atoms with E-state index in [1.807, 2.05) is 18.5 Å². The van der Waals surface area contributed by atoms with Crippen LogP contribution in [0.25, 0.3) is 0 Å². The molecule has 0 saturated heterocycles. The Morgan fingerprint density at radius 3 is 2.75 bits per heavy atom. The highest BCUT2D eigenvalue weighted by atomic mass is 32.1. The maximum Gasteiger partial charge on any atom is 0.488 e. The molecule has 2 N–H and O–H groups in total. The average molecular weight is 292 g/mol. The minimum absolute atomic E-state index is 0.496. The predicted molar refractivity (Wildman–Crippen MR) is 80.1 cm³/mol. The molecule has 5 nitrogen and oxygen atoms in total. The van der Waals surface area contributed by atoms with E-state index in [0.29, 0.717) is 24.3 Å². The highest BCUT2D eigenvalue weighted by Gasteiger charge is 2.17. The zero-order valence-electron chi connectivity index (χ0n) is 11.5. The molecule has 0 atom stereocenters. The fraction of sp³-hybridized carbons (Fsp3) is 0.308. The van der Waals surface area contributed by atoms with Crippen molar-refractivity contribution >= 4 is 23.9 Å². The van der Waals surface area contributed by atoms with Crippen LogP contribution in [0.3, 0.4) is 0 Å². The first-order chi connectivity index (χ1) is 9.60. The maximum atomic E-state index is 9.42. The van der Waals surface area contributed by atoms with Crippen molar-refractivity contribution in [2.45, 2.75) is 13.1 Å². The van der Waals surface area contributed by atoms with Gasteiger partial charge in [-0.05, 0) is 30.2 Å². The van der Waals surface area contributed by atoms with Gasteiger partial charge in [-0.25, -0.2) is 4.98 Å². The molecule has 1 aromatic carbocycles. The SMILES string of the molecule is COc1ccc(B(O)O)c(CN(C)Cc2cscn2)c1. The Kier molecular flexibility index (Phi) is 5.14. The average Bonchev–Trinajstić information content (AvgIpc) is 2.90. The summed E-state index contributed by atoms with van der Waals surface area (Å²) < 4.78 is 5.18. The maximum absolute atomic E-state index is 9.42. The van der Waals surface area contributed by atoms with Gasteiger partial charge < -0.3 is 14.8 Å². The topological polar surface area (TPSA) is 65.8 Å². The van der Waals surface area contributed by atoms with Gasteiger partial charge in [0.2, 0.25) is 0 Å². The number of rotatable bonds is 6. The van der Waals surface area contributed by atoms with E-state index in [9.17, 15) is 10.0 Å². The molecule has 0 aliphatic heterocycles. The number of hydrogen-bond acceptors (Lipinski definition) is 6. The van der Waals surface area contributed by atoms with Gasteiger partial charge in [0.15, 0.2) is 0 Å². The molecule has 2 aromatic rings. The molecule has 0 aliphatic carbocycles. The molecule has 7 heteroatoms. The molecule has 0 amide bonds. The quantitative estimate of drug-likeness (QED) is 0.757. The number of aromatic nitrogens is 1. The Morgan fingerprint density at radius 2 is 2.15 bits per heavy atom. The van der Waals surface area contributed by atoms with E-state index in [1.165, 1.54) is 0 Å². The van der Waals surface area contributed by atoms with Gasteiger partial charge in [-0.15, -0.1) is 11.3 Å². The third kappa shape index (κ3) is 3.80. The van der Waals surface area contributed by atoms with Crippen LogP contribution in [0.5, 0.6) is 5.75 Å². The summed E-state index contributed by atoms with van der Waals surface area (Å²) in [5, 5.41) is 20.9. The van der Waals surface area contributed by atoms with E-state index in [1.54, 1.807) is 36.1 Å². The van der Waals surface area contributed by atoms with Crippen LogP contribution in [0.15, 0.2) is 29.1 Å². The minimum atomic E-state index is -1.48. The van der Waals surface area contributed by atoms with Crippen LogP contribution in [-0.4, -0.2) is 41.2 Å². The summed E-state index contributed by atoms with van der Waals surface area (Å²) in [5.41, 5.74) is 4.14.